The van der Waals surface area contributed by atoms with E-state index in [0.717, 1.165) is 24.5 Å². The molecule has 6 nitrogen and oxygen atoms in total. The van der Waals surface area contributed by atoms with Crippen LogP contribution in [0.25, 0.3) is 0 Å². The lowest BCUT2D eigenvalue weighted by Crippen LogP contribution is -2.42. The highest BCUT2D eigenvalue weighted by Crippen LogP contribution is 2.52. The molecule has 1 unspecified atom stereocenters. The third kappa shape index (κ3) is 4.72. The fourth-order valence-electron chi connectivity index (χ4n) is 4.58. The molecule has 0 saturated heterocycles. The number of carbonyl (C=O) groups excluding carboxylic acids is 1. The molecule has 2 N–H and O–H groups in total. The molecule has 0 radical (unpaired) electrons. The summed E-state index contributed by atoms with van der Waals surface area (Å²) >= 11 is -0.311. The van der Waals surface area contributed by atoms with Crippen molar-refractivity contribution in [3.8, 4) is 0 Å². The molecule has 5 rings (SSSR count). The zero-order valence-electron chi connectivity index (χ0n) is 18.5. The van der Waals surface area contributed by atoms with Gasteiger partial charge in [-0.1, -0.05) is 42.5 Å². The predicted octanol–water partition coefficient (Wildman–Crippen LogP) is 4.08. The van der Waals surface area contributed by atoms with Gasteiger partial charge in [-0.05, 0) is 47.9 Å². The number of aromatic amines is 1. The molecule has 1 aliphatic heterocycles. The smallest absolute Gasteiger partial charge is 0.378 e. The van der Waals surface area contributed by atoms with Crippen LogP contribution in [0.4, 0.5) is 13.2 Å². The minimum Gasteiger partial charge on any atom is -0.378 e. The topological polar surface area (TPSA) is 86.3 Å². The standard InChI is InChI=1S/C25H22F3N3O3S/c26-25(27,28)35-17-8-4-5-15(13-17)20(32)22(34)31-12-9-19-18(14-31)21(33)30-23(29-19)24(10-11-24)16-6-2-1-3-7-16/h1-8,13,20,32H,9-12,14H2,(H,29,30,33). The number of alkyl halides is 3. The Labute approximate surface area is 203 Å². The first-order valence-corrected chi connectivity index (χ1v) is 12.0. The van der Waals surface area contributed by atoms with Crippen LogP contribution < -0.4 is 5.56 Å². The lowest BCUT2D eigenvalue weighted by Gasteiger charge is -2.30. The highest BCUT2D eigenvalue weighted by molar-refractivity contribution is 8.00. The van der Waals surface area contributed by atoms with E-state index in [0.29, 0.717) is 23.5 Å². The zero-order chi connectivity index (χ0) is 24.8. The number of halogens is 3. The molecular formula is C25H22F3N3O3S. The fourth-order valence-corrected chi connectivity index (χ4v) is 5.19. The average Bonchev–Trinajstić information content (AvgIpc) is 3.65. The summed E-state index contributed by atoms with van der Waals surface area (Å²) < 4.78 is 38.1. The number of aliphatic hydroxyl groups excluding tert-OH is 1. The number of aromatic nitrogens is 2. The van der Waals surface area contributed by atoms with Crippen LogP contribution in [-0.4, -0.2) is 37.9 Å². The quantitative estimate of drug-likeness (QED) is 0.515. The average molecular weight is 502 g/mol. The van der Waals surface area contributed by atoms with Crippen LogP contribution in [0.15, 0.2) is 64.3 Å². The van der Waals surface area contributed by atoms with Crippen molar-refractivity contribution in [1.82, 2.24) is 14.9 Å². The number of hydrogen-bond acceptors (Lipinski definition) is 5. The first-order valence-electron chi connectivity index (χ1n) is 11.2. The first-order chi connectivity index (χ1) is 16.7. The zero-order valence-corrected chi connectivity index (χ0v) is 19.3. The van der Waals surface area contributed by atoms with Gasteiger partial charge >= 0.3 is 5.51 Å². The van der Waals surface area contributed by atoms with Crippen LogP contribution in [0.3, 0.4) is 0 Å². The van der Waals surface area contributed by atoms with Gasteiger partial charge in [0.15, 0.2) is 6.10 Å². The van der Waals surface area contributed by atoms with E-state index in [2.05, 4.69) is 4.98 Å². The summed E-state index contributed by atoms with van der Waals surface area (Å²) in [6.45, 7) is 0.220. The molecule has 0 bridgehead atoms. The van der Waals surface area contributed by atoms with E-state index in [1.165, 1.54) is 23.1 Å². The van der Waals surface area contributed by atoms with Crippen LogP contribution in [0.2, 0.25) is 0 Å². The maximum Gasteiger partial charge on any atom is 0.446 e. The van der Waals surface area contributed by atoms with Crippen LogP contribution in [0.5, 0.6) is 0 Å². The molecular weight excluding hydrogens is 479 g/mol. The second kappa shape index (κ2) is 8.83. The maximum absolute atomic E-state index is 13.0. The Morgan fingerprint density at radius 3 is 2.57 bits per heavy atom. The number of carbonyl (C=O) groups is 1. The lowest BCUT2D eigenvalue weighted by molar-refractivity contribution is -0.141. The third-order valence-corrected chi connectivity index (χ3v) is 7.27. The summed E-state index contributed by atoms with van der Waals surface area (Å²) in [5, 5.41) is 10.6. The van der Waals surface area contributed by atoms with Gasteiger partial charge in [-0.15, -0.1) is 0 Å². The molecule has 1 saturated carbocycles. The number of aliphatic hydroxyl groups is 1. The van der Waals surface area contributed by atoms with Gasteiger partial charge in [-0.25, -0.2) is 4.98 Å². The minimum absolute atomic E-state index is 0.0246. The van der Waals surface area contributed by atoms with Crippen molar-refractivity contribution >= 4 is 17.7 Å². The molecule has 1 fully saturated rings. The van der Waals surface area contributed by atoms with E-state index in [-0.39, 0.29) is 46.3 Å². The molecule has 1 atom stereocenters. The van der Waals surface area contributed by atoms with E-state index in [1.54, 1.807) is 0 Å². The normalized spacial score (nSPS) is 17.5. The number of benzene rings is 2. The molecule has 2 aliphatic rings. The van der Waals surface area contributed by atoms with E-state index in [9.17, 15) is 27.9 Å². The van der Waals surface area contributed by atoms with Gasteiger partial charge in [-0.2, -0.15) is 13.2 Å². The SMILES string of the molecule is O=C(C(O)c1cccc(SC(F)(F)F)c1)N1CCc2nc(C3(c4ccccc4)CC3)[nH]c(=O)c2C1. The number of rotatable bonds is 5. The molecule has 1 aromatic heterocycles. The Balaban J connectivity index is 1.35. The molecule has 10 heteroatoms. The molecule has 3 aromatic rings. The Bertz CT molecular complexity index is 1320. The Kier molecular flexibility index (Phi) is 5.96. The highest BCUT2D eigenvalue weighted by Gasteiger charge is 2.48. The summed E-state index contributed by atoms with van der Waals surface area (Å²) in [6.07, 6.45) is 0.492. The fraction of sp³-hybridized carbons (Fsp3) is 0.320. The number of hydrogen-bond donors (Lipinski definition) is 2. The Morgan fingerprint density at radius 2 is 1.89 bits per heavy atom. The van der Waals surface area contributed by atoms with Crippen molar-refractivity contribution in [1.29, 1.82) is 0 Å². The summed E-state index contributed by atoms with van der Waals surface area (Å²) in [5.41, 5.74) is -2.92. The van der Waals surface area contributed by atoms with Gasteiger partial charge in [0.05, 0.1) is 23.2 Å². The van der Waals surface area contributed by atoms with Crippen molar-refractivity contribution in [3.63, 3.8) is 0 Å². The van der Waals surface area contributed by atoms with Crippen molar-refractivity contribution in [2.75, 3.05) is 6.54 Å². The van der Waals surface area contributed by atoms with Crippen LogP contribution in [-0.2, 0) is 23.2 Å². The van der Waals surface area contributed by atoms with Gasteiger partial charge in [0.2, 0.25) is 0 Å². The van der Waals surface area contributed by atoms with Gasteiger partial charge in [0.25, 0.3) is 11.5 Å². The van der Waals surface area contributed by atoms with Gasteiger partial charge in [-0.3, -0.25) is 9.59 Å². The van der Waals surface area contributed by atoms with Gasteiger partial charge in [0.1, 0.15) is 5.82 Å². The highest BCUT2D eigenvalue weighted by atomic mass is 32.2. The van der Waals surface area contributed by atoms with Crippen molar-refractivity contribution in [2.45, 2.75) is 47.7 Å². The van der Waals surface area contributed by atoms with Gasteiger partial charge in [0, 0.05) is 17.9 Å². The molecule has 2 aromatic carbocycles. The van der Waals surface area contributed by atoms with Crippen molar-refractivity contribution in [3.05, 3.63) is 93.2 Å². The second-order valence-electron chi connectivity index (χ2n) is 8.82. The number of nitrogens with zero attached hydrogens (tertiary/aromatic N) is 2. The first kappa shape index (κ1) is 23.6. The molecule has 35 heavy (non-hydrogen) atoms. The van der Waals surface area contributed by atoms with Gasteiger partial charge < -0.3 is 15.0 Å². The summed E-state index contributed by atoms with van der Waals surface area (Å²) in [6, 6.07) is 15.1. The molecule has 2 heterocycles. The maximum atomic E-state index is 13.0. The summed E-state index contributed by atoms with van der Waals surface area (Å²) in [4.78, 5) is 34.8. The largest absolute Gasteiger partial charge is 0.446 e. The summed E-state index contributed by atoms with van der Waals surface area (Å²) in [7, 11) is 0. The summed E-state index contributed by atoms with van der Waals surface area (Å²) in [5.74, 6) is -0.0394. The monoisotopic (exact) mass is 501 g/mol. The minimum atomic E-state index is -4.48. The van der Waals surface area contributed by atoms with E-state index >= 15 is 0 Å². The number of thioether (sulfide) groups is 1. The van der Waals surface area contributed by atoms with E-state index < -0.39 is 17.5 Å². The van der Waals surface area contributed by atoms with Crippen LogP contribution >= 0.6 is 11.8 Å². The third-order valence-electron chi connectivity index (χ3n) is 6.55. The molecule has 0 spiro atoms. The predicted molar refractivity (Wildman–Crippen MR) is 124 cm³/mol. The van der Waals surface area contributed by atoms with Crippen molar-refractivity contribution in [2.24, 2.45) is 0 Å². The molecule has 182 valence electrons. The lowest BCUT2D eigenvalue weighted by atomic mass is 9.94. The Morgan fingerprint density at radius 1 is 1.14 bits per heavy atom. The van der Waals surface area contributed by atoms with Crippen molar-refractivity contribution < 1.29 is 23.1 Å². The van der Waals surface area contributed by atoms with E-state index in [4.69, 9.17) is 4.98 Å². The van der Waals surface area contributed by atoms with Crippen LogP contribution in [0.1, 0.15) is 47.2 Å². The number of H-pyrrole nitrogens is 1. The number of nitrogens with one attached hydrogen (secondary N) is 1. The van der Waals surface area contributed by atoms with Crippen LogP contribution in [0, 0.1) is 0 Å². The van der Waals surface area contributed by atoms with E-state index in [1.807, 2.05) is 30.3 Å². The number of amides is 1. The number of fused-ring (bicyclic) bond motifs is 1. The second-order valence-corrected chi connectivity index (χ2v) is 9.96. The molecule has 1 amide bonds. The Hall–Kier alpha value is -3.11. The molecule has 1 aliphatic carbocycles.